The molecule has 0 bridgehead atoms. The van der Waals surface area contributed by atoms with E-state index in [1.807, 2.05) is 0 Å². The van der Waals surface area contributed by atoms with Crippen LogP contribution in [0, 0.1) is 0 Å². The Hall–Kier alpha value is 0.230. The van der Waals surface area contributed by atoms with Crippen molar-refractivity contribution in [1.82, 2.24) is 9.80 Å². The van der Waals surface area contributed by atoms with Crippen LogP contribution in [0.1, 0.15) is 33.1 Å². The highest BCUT2D eigenvalue weighted by Crippen LogP contribution is 2.38. The number of hydrogen-bond donors (Lipinski definition) is 1. The van der Waals surface area contributed by atoms with Crippen molar-refractivity contribution in [2.75, 3.05) is 39.0 Å². The summed E-state index contributed by atoms with van der Waals surface area (Å²) in [6.45, 7) is 9.10. The minimum absolute atomic E-state index is 0.262. The second-order valence-electron chi connectivity index (χ2n) is 5.91. The standard InChI is InChI=1S/C14H29N3S/c1-4-13-10-17(8-7-16(13)3)14(11-15)6-5-9-18-12(14)2/h12-13H,4-11,15H2,1-3H3. The van der Waals surface area contributed by atoms with E-state index in [-0.39, 0.29) is 5.54 Å². The van der Waals surface area contributed by atoms with E-state index in [1.54, 1.807) is 0 Å². The third-order valence-corrected chi connectivity index (χ3v) is 6.57. The number of piperazine rings is 1. The summed E-state index contributed by atoms with van der Waals surface area (Å²) < 4.78 is 0. The van der Waals surface area contributed by atoms with E-state index in [1.165, 1.54) is 44.6 Å². The molecule has 2 N–H and O–H groups in total. The zero-order chi connectivity index (χ0) is 13.2. The molecule has 2 aliphatic rings. The van der Waals surface area contributed by atoms with Gasteiger partial charge in [0, 0.05) is 43.0 Å². The molecule has 2 heterocycles. The minimum atomic E-state index is 0.262. The lowest BCUT2D eigenvalue weighted by Gasteiger charge is -2.53. The van der Waals surface area contributed by atoms with Crippen LogP contribution >= 0.6 is 11.8 Å². The van der Waals surface area contributed by atoms with E-state index < -0.39 is 0 Å². The maximum absolute atomic E-state index is 6.21. The average molecular weight is 271 g/mol. The lowest BCUT2D eigenvalue weighted by molar-refractivity contribution is 0.00608. The summed E-state index contributed by atoms with van der Waals surface area (Å²) in [5, 5.41) is 0.678. The van der Waals surface area contributed by atoms with Crippen molar-refractivity contribution < 1.29 is 0 Å². The molecular formula is C14H29N3S. The van der Waals surface area contributed by atoms with Gasteiger partial charge >= 0.3 is 0 Å². The van der Waals surface area contributed by atoms with Gasteiger partial charge in [0.1, 0.15) is 0 Å². The SMILES string of the molecule is CCC1CN(C2(CN)CCCSC2C)CCN1C. The largest absolute Gasteiger partial charge is 0.329 e. The predicted molar refractivity (Wildman–Crippen MR) is 81.2 cm³/mol. The second-order valence-corrected chi connectivity index (χ2v) is 7.36. The van der Waals surface area contributed by atoms with E-state index in [0.717, 1.165) is 6.54 Å². The Morgan fingerprint density at radius 2 is 2.17 bits per heavy atom. The molecule has 2 fully saturated rings. The summed E-state index contributed by atoms with van der Waals surface area (Å²) in [5.74, 6) is 1.31. The lowest BCUT2D eigenvalue weighted by Crippen LogP contribution is -2.66. The maximum atomic E-state index is 6.21. The summed E-state index contributed by atoms with van der Waals surface area (Å²) in [7, 11) is 2.26. The number of rotatable bonds is 3. The zero-order valence-corrected chi connectivity index (χ0v) is 13.0. The molecule has 2 aliphatic heterocycles. The van der Waals surface area contributed by atoms with E-state index in [4.69, 9.17) is 5.73 Å². The van der Waals surface area contributed by atoms with Gasteiger partial charge in [-0.25, -0.2) is 0 Å². The molecule has 0 aromatic carbocycles. The summed E-state index contributed by atoms with van der Waals surface area (Å²) >= 11 is 2.12. The van der Waals surface area contributed by atoms with E-state index in [9.17, 15) is 0 Å². The molecule has 0 amide bonds. The van der Waals surface area contributed by atoms with Gasteiger partial charge in [0.05, 0.1) is 0 Å². The molecule has 18 heavy (non-hydrogen) atoms. The Kier molecular flexibility index (Phi) is 4.98. The third kappa shape index (κ3) is 2.58. The lowest BCUT2D eigenvalue weighted by atomic mass is 9.86. The summed E-state index contributed by atoms with van der Waals surface area (Å²) in [6.07, 6.45) is 3.86. The fourth-order valence-corrected chi connectivity index (χ4v) is 4.94. The molecule has 0 aliphatic carbocycles. The molecule has 0 radical (unpaired) electrons. The van der Waals surface area contributed by atoms with Crippen LogP contribution < -0.4 is 5.73 Å². The van der Waals surface area contributed by atoms with Crippen molar-refractivity contribution in [3.05, 3.63) is 0 Å². The molecule has 4 heteroatoms. The molecule has 3 unspecified atom stereocenters. The van der Waals surface area contributed by atoms with Crippen LogP contribution in [0.4, 0.5) is 0 Å². The van der Waals surface area contributed by atoms with Crippen LogP contribution in [-0.2, 0) is 0 Å². The summed E-state index contributed by atoms with van der Waals surface area (Å²) in [6, 6.07) is 0.710. The molecule has 0 aromatic rings. The molecular weight excluding hydrogens is 242 g/mol. The van der Waals surface area contributed by atoms with Crippen LogP contribution in [0.2, 0.25) is 0 Å². The maximum Gasteiger partial charge on any atom is 0.0448 e. The van der Waals surface area contributed by atoms with Crippen molar-refractivity contribution >= 4 is 11.8 Å². The van der Waals surface area contributed by atoms with E-state index >= 15 is 0 Å². The van der Waals surface area contributed by atoms with Crippen molar-refractivity contribution in [3.8, 4) is 0 Å². The van der Waals surface area contributed by atoms with Gasteiger partial charge in [-0.15, -0.1) is 0 Å². The van der Waals surface area contributed by atoms with E-state index in [2.05, 4.69) is 42.5 Å². The first kappa shape index (κ1) is 14.6. The number of nitrogens with zero attached hydrogens (tertiary/aromatic N) is 2. The first-order chi connectivity index (χ1) is 8.64. The van der Waals surface area contributed by atoms with Gasteiger partial charge in [-0.3, -0.25) is 4.90 Å². The first-order valence-corrected chi connectivity index (χ1v) is 8.46. The topological polar surface area (TPSA) is 32.5 Å². The van der Waals surface area contributed by atoms with Crippen molar-refractivity contribution in [1.29, 1.82) is 0 Å². The number of hydrogen-bond acceptors (Lipinski definition) is 4. The second kappa shape index (κ2) is 6.12. The van der Waals surface area contributed by atoms with Gasteiger partial charge in [-0.1, -0.05) is 13.8 Å². The Morgan fingerprint density at radius 3 is 2.78 bits per heavy atom. The van der Waals surface area contributed by atoms with Gasteiger partial charge in [-0.05, 0) is 32.1 Å². The van der Waals surface area contributed by atoms with Crippen molar-refractivity contribution in [2.24, 2.45) is 5.73 Å². The Bertz CT molecular complexity index is 274. The highest BCUT2D eigenvalue weighted by molar-refractivity contribution is 8.00. The monoisotopic (exact) mass is 271 g/mol. The van der Waals surface area contributed by atoms with E-state index in [0.29, 0.717) is 11.3 Å². The highest BCUT2D eigenvalue weighted by Gasteiger charge is 2.44. The van der Waals surface area contributed by atoms with Crippen LogP contribution in [0.15, 0.2) is 0 Å². The fourth-order valence-electron chi connectivity index (χ4n) is 3.60. The molecule has 2 rings (SSSR count). The number of thioether (sulfide) groups is 1. The molecule has 0 aromatic heterocycles. The molecule has 2 saturated heterocycles. The van der Waals surface area contributed by atoms with Gasteiger partial charge in [0.2, 0.25) is 0 Å². The first-order valence-electron chi connectivity index (χ1n) is 7.41. The van der Waals surface area contributed by atoms with Crippen LogP contribution in [0.5, 0.6) is 0 Å². The minimum Gasteiger partial charge on any atom is -0.329 e. The predicted octanol–water partition coefficient (Wildman–Crippen LogP) is 1.63. The van der Waals surface area contributed by atoms with Crippen LogP contribution in [0.3, 0.4) is 0 Å². The molecule has 0 saturated carbocycles. The molecule has 3 atom stereocenters. The average Bonchev–Trinajstić information content (AvgIpc) is 2.40. The van der Waals surface area contributed by atoms with Gasteiger partial charge in [0.15, 0.2) is 0 Å². The summed E-state index contributed by atoms with van der Waals surface area (Å²) in [4.78, 5) is 5.24. The van der Waals surface area contributed by atoms with Gasteiger partial charge in [0.25, 0.3) is 0 Å². The van der Waals surface area contributed by atoms with Crippen molar-refractivity contribution in [2.45, 2.75) is 49.9 Å². The van der Waals surface area contributed by atoms with Crippen LogP contribution in [0.25, 0.3) is 0 Å². The Labute approximate surface area is 116 Å². The Balaban J connectivity index is 2.12. The zero-order valence-electron chi connectivity index (χ0n) is 12.2. The third-order valence-electron chi connectivity index (χ3n) is 5.11. The highest BCUT2D eigenvalue weighted by atomic mass is 32.2. The molecule has 3 nitrogen and oxygen atoms in total. The smallest absolute Gasteiger partial charge is 0.0448 e. The normalized spacial score (nSPS) is 40.0. The summed E-state index contributed by atoms with van der Waals surface area (Å²) in [5.41, 5.74) is 6.47. The fraction of sp³-hybridized carbons (Fsp3) is 1.00. The van der Waals surface area contributed by atoms with Gasteiger partial charge in [-0.2, -0.15) is 11.8 Å². The number of nitrogens with two attached hydrogens (primary N) is 1. The number of likely N-dealkylation sites (N-methyl/N-ethyl adjacent to an activating group) is 1. The molecule has 106 valence electrons. The quantitative estimate of drug-likeness (QED) is 0.845. The van der Waals surface area contributed by atoms with Gasteiger partial charge < -0.3 is 10.6 Å². The Morgan fingerprint density at radius 1 is 1.39 bits per heavy atom. The van der Waals surface area contributed by atoms with Crippen LogP contribution in [-0.4, -0.2) is 65.6 Å². The molecule has 0 spiro atoms. The van der Waals surface area contributed by atoms with Crippen molar-refractivity contribution in [3.63, 3.8) is 0 Å².